The Balaban J connectivity index is 2.04. The van der Waals surface area contributed by atoms with Crippen LogP contribution in [-0.2, 0) is 58.7 Å². The molecule has 0 bridgehead atoms. The van der Waals surface area contributed by atoms with Gasteiger partial charge in [-0.05, 0) is 36.5 Å². The summed E-state index contributed by atoms with van der Waals surface area (Å²) in [6, 6.07) is 9.39. The number of benzene rings is 1. The third kappa shape index (κ3) is 5.32. The van der Waals surface area contributed by atoms with Crippen molar-refractivity contribution in [3.05, 3.63) is 35.9 Å². The van der Waals surface area contributed by atoms with Crippen LogP contribution in [0.15, 0.2) is 35.5 Å². The number of rotatable bonds is 9. The van der Waals surface area contributed by atoms with Crippen molar-refractivity contribution in [1.29, 1.82) is 0 Å². The van der Waals surface area contributed by atoms with E-state index >= 15 is 0 Å². The molecule has 1 aliphatic heterocycles. The van der Waals surface area contributed by atoms with E-state index in [9.17, 15) is 19.2 Å². The van der Waals surface area contributed by atoms with Crippen molar-refractivity contribution in [3.63, 3.8) is 0 Å². The Morgan fingerprint density at radius 3 is 2.09 bits per heavy atom. The van der Waals surface area contributed by atoms with Crippen molar-refractivity contribution in [2.24, 2.45) is 16.5 Å². The first-order valence-corrected chi connectivity index (χ1v) is 17.6. The molecule has 2 fully saturated rings. The Hall–Kier alpha value is -3.29. The highest BCUT2D eigenvalue weighted by Gasteiger charge is 2.86. The van der Waals surface area contributed by atoms with E-state index in [1.165, 1.54) is 21.0 Å². The highest BCUT2D eigenvalue weighted by Crippen LogP contribution is 2.63. The van der Waals surface area contributed by atoms with Gasteiger partial charge in [0.15, 0.2) is 19.8 Å². The molecule has 12 nitrogen and oxygen atoms in total. The van der Waals surface area contributed by atoms with Crippen LogP contribution in [0.4, 0.5) is 0 Å². The third-order valence-electron chi connectivity index (χ3n) is 9.42. The number of methoxy groups -OCH3 is 2. The number of nitrogens with zero attached hydrogens (tertiary/aromatic N) is 1. The third-order valence-corrected chi connectivity index (χ3v) is 13.9. The lowest BCUT2D eigenvalue weighted by atomic mass is 9.48. The molecule has 3 aliphatic rings. The molecule has 44 heavy (non-hydrogen) atoms. The molecule has 0 spiro atoms. The number of ether oxygens (including phenoxy) is 5. The van der Waals surface area contributed by atoms with Gasteiger partial charge in [0.1, 0.15) is 12.2 Å². The van der Waals surface area contributed by atoms with Gasteiger partial charge in [0.2, 0.25) is 0 Å². The van der Waals surface area contributed by atoms with Gasteiger partial charge >= 0.3 is 23.9 Å². The van der Waals surface area contributed by atoms with Crippen LogP contribution in [0.2, 0.25) is 18.1 Å². The summed E-state index contributed by atoms with van der Waals surface area (Å²) in [5, 5.41) is 3.91. The van der Waals surface area contributed by atoms with Gasteiger partial charge in [-0.3, -0.25) is 14.4 Å². The van der Waals surface area contributed by atoms with E-state index in [4.69, 9.17) is 32.9 Å². The van der Waals surface area contributed by atoms with Crippen LogP contribution < -0.4 is 0 Å². The Labute approximate surface area is 258 Å². The first-order valence-electron chi connectivity index (χ1n) is 14.7. The van der Waals surface area contributed by atoms with Gasteiger partial charge in [-0.1, -0.05) is 56.3 Å². The molecule has 1 unspecified atom stereocenters. The van der Waals surface area contributed by atoms with E-state index < -0.39 is 78.6 Å². The van der Waals surface area contributed by atoms with Gasteiger partial charge < -0.3 is 32.9 Å². The molecule has 0 saturated heterocycles. The predicted molar refractivity (Wildman–Crippen MR) is 159 cm³/mol. The molecule has 13 heteroatoms. The lowest BCUT2D eigenvalue weighted by Gasteiger charge is -2.59. The van der Waals surface area contributed by atoms with Gasteiger partial charge in [0, 0.05) is 13.8 Å². The topological polar surface area (TPSA) is 145 Å². The maximum absolute atomic E-state index is 14.4. The zero-order chi connectivity index (χ0) is 32.7. The van der Waals surface area contributed by atoms with Crippen LogP contribution in [-0.4, -0.2) is 82.1 Å². The van der Waals surface area contributed by atoms with Gasteiger partial charge in [-0.2, -0.15) is 0 Å². The summed E-state index contributed by atoms with van der Waals surface area (Å²) in [5.74, 6) is -4.41. The lowest BCUT2D eigenvalue weighted by molar-refractivity contribution is -0.277. The van der Waals surface area contributed by atoms with Crippen molar-refractivity contribution < 1.29 is 52.1 Å². The Morgan fingerprint density at radius 2 is 1.55 bits per heavy atom. The Bertz CT molecular complexity index is 1310. The van der Waals surface area contributed by atoms with E-state index in [1.54, 1.807) is 0 Å². The fourth-order valence-electron chi connectivity index (χ4n) is 6.54. The summed E-state index contributed by atoms with van der Waals surface area (Å²) in [5.41, 5.74) is -3.26. The molecule has 1 aromatic carbocycles. The minimum Gasteiger partial charge on any atom is -0.468 e. The summed E-state index contributed by atoms with van der Waals surface area (Å²) in [7, 11) is -0.514. The lowest BCUT2D eigenvalue weighted by Crippen LogP contribution is -2.82. The minimum absolute atomic E-state index is 0.146. The Morgan fingerprint density at radius 1 is 0.955 bits per heavy atom. The second kappa shape index (κ2) is 12.2. The maximum atomic E-state index is 14.4. The van der Waals surface area contributed by atoms with E-state index in [2.05, 4.69) is 5.16 Å². The summed E-state index contributed by atoms with van der Waals surface area (Å²) < 4.78 is 36.0. The Kier molecular flexibility index (Phi) is 9.35. The average molecular weight is 634 g/mol. The van der Waals surface area contributed by atoms with Gasteiger partial charge in [0.05, 0.1) is 38.6 Å². The SMILES string of the molecule is COC(=O)[C@@]12C3=NO[C@]1(C(=O)OC)C(O[Si](C)(C)C(C)(C)C)[C@@H](OC(C)=O)[C@@H](OC(C)=O)[C@@H]2[C@@H](OCc1ccccc1)CC3. The highest BCUT2D eigenvalue weighted by atomic mass is 28.4. The average Bonchev–Trinajstić information content (AvgIpc) is 3.32. The van der Waals surface area contributed by atoms with Gasteiger partial charge in [0.25, 0.3) is 5.60 Å². The van der Waals surface area contributed by atoms with Crippen LogP contribution >= 0.6 is 0 Å². The van der Waals surface area contributed by atoms with Crippen molar-refractivity contribution >= 4 is 37.9 Å². The van der Waals surface area contributed by atoms with Crippen LogP contribution in [0.5, 0.6) is 0 Å². The number of oxime groups is 1. The van der Waals surface area contributed by atoms with Gasteiger partial charge in [-0.25, -0.2) is 4.79 Å². The van der Waals surface area contributed by atoms with Crippen molar-refractivity contribution in [2.75, 3.05) is 14.2 Å². The highest BCUT2D eigenvalue weighted by molar-refractivity contribution is 6.74. The fourth-order valence-corrected chi connectivity index (χ4v) is 7.83. The van der Waals surface area contributed by atoms with Crippen LogP contribution in [0.25, 0.3) is 0 Å². The first kappa shape index (κ1) is 33.6. The standard InChI is InChI=1S/C31H43NO11Si/c1-18(33)40-24-23-21(39-17-20-13-11-10-12-14-20)15-16-22-30(23,27(35)37-6)31(43-32-22,28(36)38-7)26(25(24)41-19(2)34)42-44(8,9)29(3,4)5/h10-14,21,23-26H,15-17H2,1-9H3/t21-,23-,24-,25-,26?,30-,31-/m0/s1. The van der Waals surface area contributed by atoms with Crippen molar-refractivity contribution in [3.8, 4) is 0 Å². The molecule has 0 radical (unpaired) electrons. The molecule has 4 rings (SSSR count). The molecule has 0 aromatic heterocycles. The molecule has 0 N–H and O–H groups in total. The molecule has 1 heterocycles. The quantitative estimate of drug-likeness (QED) is 0.223. The number of hydrogen-bond acceptors (Lipinski definition) is 12. The van der Waals surface area contributed by atoms with Crippen LogP contribution in [0, 0.1) is 11.3 Å². The van der Waals surface area contributed by atoms with E-state index in [1.807, 2.05) is 64.2 Å². The largest absolute Gasteiger partial charge is 0.468 e. The zero-order valence-electron chi connectivity index (χ0n) is 26.8. The first-order chi connectivity index (χ1) is 20.6. The minimum atomic E-state index is -2.86. The number of esters is 4. The van der Waals surface area contributed by atoms with Gasteiger partial charge in [-0.15, -0.1) is 0 Å². The molecule has 0 amide bonds. The zero-order valence-corrected chi connectivity index (χ0v) is 27.8. The second-order valence-corrected chi connectivity index (χ2v) is 17.8. The fraction of sp³-hybridized carbons (Fsp3) is 0.645. The summed E-state index contributed by atoms with van der Waals surface area (Å²) in [6.07, 6.45) is -4.52. The second-order valence-electron chi connectivity index (χ2n) is 13.0. The summed E-state index contributed by atoms with van der Waals surface area (Å²) in [6.45, 7) is 12.4. The van der Waals surface area contributed by atoms with Crippen LogP contribution in [0.3, 0.4) is 0 Å². The normalized spacial score (nSPS) is 31.1. The molecular weight excluding hydrogens is 590 g/mol. The molecule has 1 aromatic rings. The maximum Gasteiger partial charge on any atom is 0.357 e. The summed E-state index contributed by atoms with van der Waals surface area (Å²) >= 11 is 0. The van der Waals surface area contributed by atoms with E-state index in [0.29, 0.717) is 6.42 Å². The van der Waals surface area contributed by atoms with E-state index in [0.717, 1.165) is 12.7 Å². The number of carbonyl (C=O) groups excluding carboxylic acids is 4. The molecule has 2 aliphatic carbocycles. The molecule has 242 valence electrons. The van der Waals surface area contributed by atoms with Crippen molar-refractivity contribution in [2.45, 2.75) is 102 Å². The van der Waals surface area contributed by atoms with E-state index in [-0.39, 0.29) is 18.7 Å². The summed E-state index contributed by atoms with van der Waals surface area (Å²) in [4.78, 5) is 60.2. The number of carbonyl (C=O) groups is 4. The molecule has 7 atom stereocenters. The van der Waals surface area contributed by atoms with Crippen molar-refractivity contribution in [1.82, 2.24) is 0 Å². The molecule has 2 saturated carbocycles. The predicted octanol–water partition coefficient (Wildman–Crippen LogP) is 3.71. The monoisotopic (exact) mass is 633 g/mol. The number of hydrogen-bond donors (Lipinski definition) is 0. The smallest absolute Gasteiger partial charge is 0.357 e. The molecular formula is C31H43NO11Si. The van der Waals surface area contributed by atoms with Crippen LogP contribution in [0.1, 0.15) is 53.0 Å².